The van der Waals surface area contributed by atoms with E-state index in [-0.39, 0.29) is 11.4 Å². The van der Waals surface area contributed by atoms with Crippen molar-refractivity contribution < 1.29 is 8.87 Å². The molecule has 0 aliphatic carbocycles. The monoisotopic (exact) mass is 371 g/mol. The van der Waals surface area contributed by atoms with Crippen molar-refractivity contribution in [2.24, 2.45) is 0 Å². The molecule has 3 aliphatic rings. The van der Waals surface area contributed by atoms with Gasteiger partial charge in [0, 0.05) is 30.6 Å². The van der Waals surface area contributed by atoms with Crippen LogP contribution in [0.4, 0.5) is 4.39 Å². The van der Waals surface area contributed by atoms with Crippen molar-refractivity contribution in [2.45, 2.75) is 6.54 Å². The lowest BCUT2D eigenvalue weighted by molar-refractivity contribution is -0.953. The highest BCUT2D eigenvalue weighted by Crippen LogP contribution is 2.31. The van der Waals surface area contributed by atoms with Gasteiger partial charge in [0.2, 0.25) is 0 Å². The minimum atomic E-state index is -0.279. The second kappa shape index (κ2) is 5.97. The Labute approximate surface area is 154 Å². The summed E-state index contributed by atoms with van der Waals surface area (Å²) >= 11 is 1.48. The number of halogens is 1. The van der Waals surface area contributed by atoms with Crippen LogP contribution < -0.4 is 5.56 Å². The third-order valence-corrected chi connectivity index (χ3v) is 6.68. The van der Waals surface area contributed by atoms with Crippen LogP contribution in [-0.4, -0.2) is 58.6 Å². The largest absolute Gasteiger partial charge is 0.314 e. The molecule has 3 aromatic rings. The van der Waals surface area contributed by atoms with Crippen LogP contribution in [0.1, 0.15) is 5.82 Å². The Morgan fingerprint density at radius 2 is 1.85 bits per heavy atom. The maximum absolute atomic E-state index is 13.2. The normalized spacial score (nSPS) is 25.0. The number of benzene rings is 1. The smallest absolute Gasteiger partial charge is 0.260 e. The topological polar surface area (TPSA) is 49.0 Å². The van der Waals surface area contributed by atoms with Crippen LogP contribution in [-0.2, 0) is 6.54 Å². The second-order valence-corrected chi connectivity index (χ2v) is 8.22. The number of aromatic nitrogens is 2. The van der Waals surface area contributed by atoms with Gasteiger partial charge in [-0.25, -0.2) is 9.37 Å². The first kappa shape index (κ1) is 16.1. The van der Waals surface area contributed by atoms with Gasteiger partial charge in [0.25, 0.3) is 5.56 Å². The van der Waals surface area contributed by atoms with E-state index in [0.717, 1.165) is 72.1 Å². The highest BCUT2D eigenvalue weighted by atomic mass is 32.1. The Balaban J connectivity index is 1.52. The molecule has 26 heavy (non-hydrogen) atoms. The van der Waals surface area contributed by atoms with E-state index in [2.05, 4.69) is 9.88 Å². The number of hydrogen-bond donors (Lipinski definition) is 1. The number of aromatic amines is 1. The zero-order chi connectivity index (χ0) is 17.7. The van der Waals surface area contributed by atoms with Gasteiger partial charge in [-0.1, -0.05) is 12.1 Å². The fourth-order valence-corrected chi connectivity index (χ4v) is 5.16. The summed E-state index contributed by atoms with van der Waals surface area (Å²) < 4.78 is 14.2. The van der Waals surface area contributed by atoms with Gasteiger partial charge in [0.1, 0.15) is 17.2 Å². The lowest BCUT2D eigenvalue weighted by Gasteiger charge is -2.50. The van der Waals surface area contributed by atoms with Crippen LogP contribution in [0, 0.1) is 5.82 Å². The molecule has 1 N–H and O–H groups in total. The van der Waals surface area contributed by atoms with Gasteiger partial charge >= 0.3 is 0 Å². The van der Waals surface area contributed by atoms with Crippen LogP contribution in [0.15, 0.2) is 34.4 Å². The van der Waals surface area contributed by atoms with E-state index in [9.17, 15) is 9.18 Å². The Bertz CT molecular complexity index is 1000. The molecule has 3 saturated heterocycles. The highest BCUT2D eigenvalue weighted by molar-refractivity contribution is 7.17. The molecule has 0 amide bonds. The molecule has 0 radical (unpaired) electrons. The third-order valence-electron chi connectivity index (χ3n) is 5.81. The highest BCUT2D eigenvalue weighted by Gasteiger charge is 2.39. The first-order valence-corrected chi connectivity index (χ1v) is 9.84. The van der Waals surface area contributed by atoms with E-state index in [1.165, 1.54) is 23.5 Å². The average molecular weight is 371 g/mol. The zero-order valence-corrected chi connectivity index (χ0v) is 15.2. The van der Waals surface area contributed by atoms with Crippen molar-refractivity contribution >= 4 is 21.6 Å². The van der Waals surface area contributed by atoms with Crippen molar-refractivity contribution in [3.05, 3.63) is 51.6 Å². The maximum Gasteiger partial charge on any atom is 0.260 e. The molecule has 3 aliphatic heterocycles. The van der Waals surface area contributed by atoms with Crippen molar-refractivity contribution in [3.63, 3.8) is 0 Å². The first-order valence-electron chi connectivity index (χ1n) is 8.96. The van der Waals surface area contributed by atoms with Gasteiger partial charge in [0.05, 0.1) is 25.0 Å². The summed E-state index contributed by atoms with van der Waals surface area (Å²) in [5.41, 5.74) is 1.56. The molecule has 0 unspecified atom stereocenters. The number of hydrogen-bond acceptors (Lipinski definition) is 4. The standard InChI is InChI=1S/C19H19FN4OS/c20-14-3-1-13(2-4-14)15-12-26-19-17(15)18(25)21-16(22-19)11-24-8-5-23(6-9-24)7-10-24/h1-4,12H,5-11H2/p+1. The summed E-state index contributed by atoms with van der Waals surface area (Å²) in [7, 11) is 0. The molecule has 2 bridgehead atoms. The van der Waals surface area contributed by atoms with Gasteiger partial charge < -0.3 is 9.47 Å². The molecular formula is C19H20FN4OS+. The predicted octanol–water partition coefficient (Wildman–Crippen LogP) is 2.44. The number of nitrogens with zero attached hydrogens (tertiary/aromatic N) is 3. The second-order valence-electron chi connectivity index (χ2n) is 7.36. The summed E-state index contributed by atoms with van der Waals surface area (Å²) in [6.07, 6.45) is 0. The van der Waals surface area contributed by atoms with Crippen molar-refractivity contribution in [3.8, 4) is 11.1 Å². The number of thiophene rings is 1. The quantitative estimate of drug-likeness (QED) is 0.720. The maximum atomic E-state index is 13.2. The van der Waals surface area contributed by atoms with Crippen molar-refractivity contribution in [1.82, 2.24) is 14.9 Å². The van der Waals surface area contributed by atoms with E-state index in [1.54, 1.807) is 12.1 Å². The van der Waals surface area contributed by atoms with E-state index < -0.39 is 0 Å². The molecule has 1 aromatic carbocycles. The number of fused-ring (bicyclic) bond motifs is 4. The molecule has 5 nitrogen and oxygen atoms in total. The molecule has 0 saturated carbocycles. The van der Waals surface area contributed by atoms with E-state index in [4.69, 9.17) is 4.98 Å². The molecular weight excluding hydrogens is 351 g/mol. The summed E-state index contributed by atoms with van der Waals surface area (Å²) in [5.74, 6) is 0.503. The Kier molecular flexibility index (Phi) is 3.70. The number of H-pyrrole nitrogens is 1. The molecule has 134 valence electrons. The molecule has 3 fully saturated rings. The van der Waals surface area contributed by atoms with Crippen LogP contribution in [0.2, 0.25) is 0 Å². The van der Waals surface area contributed by atoms with E-state index in [0.29, 0.717) is 5.39 Å². The summed E-state index contributed by atoms with van der Waals surface area (Å²) in [4.78, 5) is 23.8. The molecule has 0 atom stereocenters. The van der Waals surface area contributed by atoms with Crippen molar-refractivity contribution in [2.75, 3.05) is 39.3 Å². The first-order chi connectivity index (χ1) is 12.6. The fourth-order valence-electron chi connectivity index (χ4n) is 4.20. The van der Waals surface area contributed by atoms with Gasteiger partial charge in [-0.3, -0.25) is 9.69 Å². The SMILES string of the molecule is O=c1[nH]c(C[N+]23CCN(CC2)CC3)nc2scc(-c3ccc(F)cc3)c12. The summed E-state index contributed by atoms with van der Waals surface area (Å²) in [5, 5.41) is 2.55. The number of piperazine rings is 3. The number of quaternary nitrogens is 1. The average Bonchev–Trinajstić information content (AvgIpc) is 3.08. The van der Waals surface area contributed by atoms with Gasteiger partial charge in [-0.15, -0.1) is 11.3 Å². The molecule has 2 aromatic heterocycles. The Morgan fingerprint density at radius 1 is 1.15 bits per heavy atom. The van der Waals surface area contributed by atoms with E-state index >= 15 is 0 Å². The van der Waals surface area contributed by atoms with Crippen LogP contribution in [0.3, 0.4) is 0 Å². The number of rotatable bonds is 3. The van der Waals surface area contributed by atoms with Crippen molar-refractivity contribution in [1.29, 1.82) is 0 Å². The Hall–Kier alpha value is -2.09. The van der Waals surface area contributed by atoms with Crippen LogP contribution in [0.5, 0.6) is 0 Å². The van der Waals surface area contributed by atoms with Crippen LogP contribution in [0.25, 0.3) is 21.3 Å². The fraction of sp³-hybridized carbons (Fsp3) is 0.368. The lowest BCUT2D eigenvalue weighted by Crippen LogP contribution is -2.66. The van der Waals surface area contributed by atoms with Gasteiger partial charge in [-0.2, -0.15) is 0 Å². The van der Waals surface area contributed by atoms with Crippen LogP contribution >= 0.6 is 11.3 Å². The van der Waals surface area contributed by atoms with Gasteiger partial charge in [-0.05, 0) is 17.7 Å². The number of nitrogens with one attached hydrogen (secondary N) is 1. The Morgan fingerprint density at radius 3 is 2.54 bits per heavy atom. The molecule has 0 spiro atoms. The summed E-state index contributed by atoms with van der Waals surface area (Å²) in [6.45, 7) is 7.61. The van der Waals surface area contributed by atoms with Gasteiger partial charge in [0.15, 0.2) is 5.82 Å². The zero-order valence-electron chi connectivity index (χ0n) is 14.4. The minimum absolute atomic E-state index is 0.0978. The summed E-state index contributed by atoms with van der Waals surface area (Å²) in [6, 6.07) is 6.24. The predicted molar refractivity (Wildman–Crippen MR) is 101 cm³/mol. The lowest BCUT2D eigenvalue weighted by atomic mass is 10.1. The molecule has 6 rings (SSSR count). The minimum Gasteiger partial charge on any atom is -0.314 e. The molecule has 7 heteroatoms. The van der Waals surface area contributed by atoms with E-state index in [1.807, 2.05) is 5.38 Å². The third kappa shape index (κ3) is 2.67. The molecule has 5 heterocycles.